The van der Waals surface area contributed by atoms with Crippen molar-refractivity contribution >= 4 is 75.3 Å². The number of sulfonamides is 4. The molecule has 10 aromatic carbocycles. The molecule has 4 heterocycles. The van der Waals surface area contributed by atoms with Crippen molar-refractivity contribution in [2.45, 2.75) is 138 Å². The van der Waals surface area contributed by atoms with Gasteiger partial charge in [-0.3, -0.25) is 40.0 Å². The number of nitrogens with zero attached hydrogens (tertiary/aromatic N) is 4. The Bertz CT molecular complexity index is 5830. The molecule has 0 atom stereocenters. The fraction of sp³-hybridized carbons (Fsp3) is 0.281. The first-order chi connectivity index (χ1) is 57.3. The van der Waals surface area contributed by atoms with E-state index in [2.05, 4.69) is 41.5 Å². The molecule has 32 heteroatoms. The van der Waals surface area contributed by atoms with E-state index in [1.54, 1.807) is 145 Å². The zero-order chi connectivity index (χ0) is 87.8. The Hall–Kier alpha value is -10.8. The predicted molar refractivity (Wildman–Crippen MR) is 456 cm³/mol. The number of halogens is 1. The molecule has 0 saturated heterocycles. The van der Waals surface area contributed by atoms with E-state index in [0.717, 1.165) is 89.4 Å². The van der Waals surface area contributed by atoms with Crippen molar-refractivity contribution in [2.75, 3.05) is 47.5 Å². The number of benzene rings is 10. The normalized spacial score (nSPS) is 14.5. The Labute approximate surface area is 710 Å². The number of ether oxygens (including phenoxy) is 3. The van der Waals surface area contributed by atoms with Crippen LogP contribution in [0.1, 0.15) is 150 Å². The molecular weight excluding hydrogens is 1650 g/mol. The second-order valence-electron chi connectivity index (χ2n) is 31.4. The summed E-state index contributed by atoms with van der Waals surface area (Å²) < 4.78 is 127. The Kier molecular flexibility index (Phi) is 28.4. The van der Waals surface area contributed by atoms with Crippen LogP contribution < -0.4 is 36.1 Å². The van der Waals surface area contributed by atoms with Crippen LogP contribution in [0.4, 0.5) is 0 Å². The number of hydrogen-bond donors (Lipinski definition) is 8. The minimum atomic E-state index is -3.73. The van der Waals surface area contributed by atoms with E-state index in [4.69, 9.17) is 46.6 Å². The van der Waals surface area contributed by atoms with E-state index < -0.39 is 63.7 Å². The second-order valence-corrected chi connectivity index (χ2v) is 39.6. The molecule has 4 amide bonds. The summed E-state index contributed by atoms with van der Waals surface area (Å²) in [6, 6.07) is 55.8. The van der Waals surface area contributed by atoms with Gasteiger partial charge in [-0.15, -0.1) is 0 Å². The van der Waals surface area contributed by atoms with Crippen LogP contribution in [0.5, 0.6) is 17.2 Å². The number of fused-ring (bicyclic) bond motifs is 4. The van der Waals surface area contributed by atoms with E-state index >= 15 is 0 Å². The van der Waals surface area contributed by atoms with Crippen LogP contribution in [0.2, 0.25) is 5.02 Å². The molecule has 10 aromatic rings. The number of amides is 4. The number of hydroxylamine groups is 4. The van der Waals surface area contributed by atoms with Gasteiger partial charge >= 0.3 is 0 Å². The van der Waals surface area contributed by atoms with Gasteiger partial charge in [0.25, 0.3) is 23.6 Å². The number of carbonyl (C=O) groups is 4. The van der Waals surface area contributed by atoms with E-state index in [1.165, 1.54) is 36.5 Å². The van der Waals surface area contributed by atoms with Crippen LogP contribution in [0.25, 0.3) is 22.3 Å². The number of aryl methyl sites for hydroxylation is 2. The van der Waals surface area contributed by atoms with Gasteiger partial charge in [0.1, 0.15) is 17.2 Å². The maximum absolute atomic E-state index is 13.3. The molecule has 14 rings (SSSR count). The van der Waals surface area contributed by atoms with Gasteiger partial charge in [0.2, 0.25) is 40.1 Å². The lowest BCUT2D eigenvalue weighted by Gasteiger charge is -2.30. The maximum atomic E-state index is 13.3. The number of methoxy groups -OCH3 is 3. The smallest absolute Gasteiger partial charge is 0.274 e. The van der Waals surface area contributed by atoms with Crippen LogP contribution in [0.3, 0.4) is 0 Å². The Balaban J connectivity index is 0.000000158. The first-order valence-corrected chi connectivity index (χ1v) is 44.7. The van der Waals surface area contributed by atoms with E-state index in [0.29, 0.717) is 71.8 Å². The first-order valence-electron chi connectivity index (χ1n) is 38.5. The molecule has 0 unspecified atom stereocenters. The minimum Gasteiger partial charge on any atom is -0.497 e. The molecule has 27 nitrogen and oxygen atoms in total. The highest BCUT2D eigenvalue weighted by Gasteiger charge is 2.36. The van der Waals surface area contributed by atoms with Crippen LogP contribution in [-0.2, 0) is 103 Å². The fourth-order valence-electron chi connectivity index (χ4n) is 14.7. The summed E-state index contributed by atoms with van der Waals surface area (Å²) in [7, 11) is -9.98. The zero-order valence-corrected chi connectivity index (χ0v) is 72.7. The van der Waals surface area contributed by atoms with E-state index in [9.17, 15) is 52.8 Å². The molecule has 0 fully saturated rings. The molecule has 0 radical (unpaired) electrons. The molecular formula is C89H97ClN8O19S4. The van der Waals surface area contributed by atoms with Gasteiger partial charge in [-0.05, 0) is 255 Å². The van der Waals surface area contributed by atoms with E-state index in [1.807, 2.05) is 86.6 Å². The van der Waals surface area contributed by atoms with Gasteiger partial charge in [0.15, 0.2) is 0 Å². The molecule has 0 aromatic heterocycles. The Morgan fingerprint density at radius 3 is 0.868 bits per heavy atom. The molecule has 0 bridgehead atoms. The van der Waals surface area contributed by atoms with Crippen molar-refractivity contribution in [3.8, 4) is 39.5 Å². The van der Waals surface area contributed by atoms with Crippen molar-refractivity contribution in [3.63, 3.8) is 0 Å². The van der Waals surface area contributed by atoms with Gasteiger partial charge in [-0.25, -0.2) is 55.6 Å². The van der Waals surface area contributed by atoms with Crippen molar-refractivity contribution in [3.05, 3.63) is 288 Å². The molecule has 4 aliphatic heterocycles. The summed E-state index contributed by atoms with van der Waals surface area (Å²) in [5.41, 5.74) is 21.8. The summed E-state index contributed by atoms with van der Waals surface area (Å²) in [6.07, 6.45) is 1.86. The highest BCUT2D eigenvalue weighted by Crippen LogP contribution is 2.38. The highest BCUT2D eigenvalue weighted by atomic mass is 35.5. The average molecular weight is 1750 g/mol. The largest absolute Gasteiger partial charge is 0.497 e. The molecule has 8 N–H and O–H groups in total. The lowest BCUT2D eigenvalue weighted by Crippen LogP contribution is -2.36. The van der Waals surface area contributed by atoms with Crippen molar-refractivity contribution in [1.82, 2.24) is 39.1 Å². The predicted octanol–water partition coefficient (Wildman–Crippen LogP) is 13.4. The second kappa shape index (κ2) is 37.7. The summed E-state index contributed by atoms with van der Waals surface area (Å²) >= 11 is 6.30. The standard InChI is InChI=1S/C24H24N2O6S.C24H24N2O5S.C21H26N2O4S.C20H23ClN2O4S/c1-31-20-7-3-16(4-8-20)17-5-9-21(10-6-17)33(29,30)26-12-11-18-13-19(24(27)25-28)14-23(32-2)22(18)15-26;1-16-13-20(24(27)25-28)14-19-11-12-26(15-23(16)19)32(29,30)22-9-5-18(6-10-22)17-3-7-21(31-2)8-4-17;1-14-11-16(20(24)22-25)12-15-9-10-23(13-19(14)15)28(26,27)18-7-5-17(6-8-18)21(2,3)4;1-20(2,3)15-4-6-16(7-5-15)28(26,27)23-9-8-13-10-14(19(24)22-25)11-18(21)17(13)12-23/h3-10,13-14,28H,11-12,15H2,1-2H3,(H,25,27);3-10,13-14,28H,11-12,15H2,1-2H3,(H,25,27);5-8,11-12,25H,9-10,13H2,1-4H3,(H,22,24);4-7,10-11,25H,8-9,12H2,1-3H3,(H,22,24). The van der Waals surface area contributed by atoms with Gasteiger partial charge in [0, 0.05) is 85.2 Å². The summed E-state index contributed by atoms with van der Waals surface area (Å²) in [6.45, 7) is 18.2. The molecule has 121 heavy (non-hydrogen) atoms. The molecule has 638 valence electrons. The summed E-state index contributed by atoms with van der Waals surface area (Å²) in [5, 5.41) is 35.7. The third-order valence-corrected chi connectivity index (χ3v) is 29.6. The van der Waals surface area contributed by atoms with Gasteiger partial charge in [-0.1, -0.05) is 126 Å². The lowest BCUT2D eigenvalue weighted by molar-refractivity contribution is 0.0701. The topological polar surface area (TPSA) is 375 Å². The Morgan fingerprint density at radius 2 is 0.587 bits per heavy atom. The average Bonchev–Trinajstić information content (AvgIpc) is 0.783. The minimum absolute atomic E-state index is 0.0396. The number of nitrogens with one attached hydrogen (secondary N) is 4. The third kappa shape index (κ3) is 20.6. The number of hydrogen-bond acceptors (Lipinski definition) is 19. The van der Waals surface area contributed by atoms with Crippen molar-refractivity contribution in [1.29, 1.82) is 0 Å². The van der Waals surface area contributed by atoms with Crippen LogP contribution >= 0.6 is 11.6 Å². The van der Waals surface area contributed by atoms with Crippen molar-refractivity contribution < 1.29 is 87.9 Å². The number of rotatable bonds is 17. The van der Waals surface area contributed by atoms with Gasteiger partial charge in [-0.2, -0.15) is 17.2 Å². The maximum Gasteiger partial charge on any atom is 0.274 e. The van der Waals surface area contributed by atoms with Crippen LogP contribution in [0, 0.1) is 13.8 Å². The highest BCUT2D eigenvalue weighted by molar-refractivity contribution is 7.90. The summed E-state index contributed by atoms with van der Waals surface area (Å²) in [4.78, 5) is 47.9. The third-order valence-electron chi connectivity index (χ3n) is 21.8. The SMILES string of the molecule is CC(C)(C)c1ccc(S(=O)(=O)N2CCc3cc(C(=O)NO)cc(Cl)c3C2)cc1.COc1ccc(-c2ccc(S(=O)(=O)N3CCc4cc(C(=O)NO)cc(C)c4C3)cc2)cc1.COc1ccc(-c2ccc(S(=O)(=O)N3CCc4cc(C(=O)NO)cc(OC)c4C3)cc2)cc1.Cc1cc(C(=O)NO)cc2c1CN(S(=O)(=O)c1ccc(C(C)(C)C)cc1)CC2. The number of carbonyl (C=O) groups excluding carboxylic acids is 4. The Morgan fingerprint density at radius 1 is 0.339 bits per heavy atom. The molecule has 0 saturated carbocycles. The monoisotopic (exact) mass is 1740 g/mol. The quantitative estimate of drug-likeness (QED) is 0.0310. The van der Waals surface area contributed by atoms with Gasteiger partial charge in [0.05, 0.1) is 40.9 Å². The summed E-state index contributed by atoms with van der Waals surface area (Å²) in [5.74, 6) is -0.536. The van der Waals surface area contributed by atoms with Crippen LogP contribution in [-0.4, -0.2) is 143 Å². The van der Waals surface area contributed by atoms with Crippen molar-refractivity contribution in [2.24, 2.45) is 0 Å². The molecule has 0 aliphatic carbocycles. The van der Waals surface area contributed by atoms with Crippen LogP contribution in [0.15, 0.2) is 214 Å². The lowest BCUT2D eigenvalue weighted by atomic mass is 9.87. The molecule has 0 spiro atoms. The van der Waals surface area contributed by atoms with E-state index in [-0.39, 0.29) is 80.8 Å². The van der Waals surface area contributed by atoms with Gasteiger partial charge < -0.3 is 14.2 Å². The molecule has 4 aliphatic rings. The first kappa shape index (κ1) is 91.0. The fourth-order valence-corrected chi connectivity index (χ4v) is 20.7. The zero-order valence-electron chi connectivity index (χ0n) is 68.7.